The first-order valence-electron chi connectivity index (χ1n) is 7.64. The van der Waals surface area contributed by atoms with Crippen LogP contribution in [0.5, 0.6) is 0 Å². The van der Waals surface area contributed by atoms with Gasteiger partial charge in [0.05, 0.1) is 18.0 Å². The lowest BCUT2D eigenvalue weighted by molar-refractivity contribution is -0.153. The van der Waals surface area contributed by atoms with Crippen LogP contribution in [-0.2, 0) is 19.6 Å². The number of rotatable bonds is 6. The van der Waals surface area contributed by atoms with Gasteiger partial charge in [0.1, 0.15) is 0 Å². The molecule has 0 saturated carbocycles. The highest BCUT2D eigenvalue weighted by Gasteiger charge is 2.37. The molecule has 2 aromatic carbocycles. The average Bonchev–Trinajstić information content (AvgIpc) is 2.62. The first-order chi connectivity index (χ1) is 11.8. The van der Waals surface area contributed by atoms with Gasteiger partial charge in [-0.2, -0.15) is 4.31 Å². The molecular formula is C18H21NO5S. The highest BCUT2D eigenvalue weighted by atomic mass is 32.2. The molecule has 0 unspecified atom stereocenters. The number of hydrogen-bond acceptors (Lipinski definition) is 5. The molecule has 0 radical (unpaired) electrons. The second-order valence-electron chi connectivity index (χ2n) is 5.66. The molecule has 6 nitrogen and oxygen atoms in total. The van der Waals surface area contributed by atoms with Gasteiger partial charge in [0.15, 0.2) is 6.10 Å². The summed E-state index contributed by atoms with van der Waals surface area (Å²) in [5, 5.41) is 10.4. The van der Waals surface area contributed by atoms with E-state index < -0.39 is 28.1 Å². The van der Waals surface area contributed by atoms with Crippen molar-refractivity contribution in [1.29, 1.82) is 0 Å². The molecule has 0 amide bonds. The van der Waals surface area contributed by atoms with Crippen molar-refractivity contribution in [1.82, 2.24) is 4.31 Å². The molecule has 0 aliphatic rings. The van der Waals surface area contributed by atoms with Gasteiger partial charge in [-0.15, -0.1) is 0 Å². The minimum absolute atomic E-state index is 0.0820. The first-order valence-corrected chi connectivity index (χ1v) is 9.08. The van der Waals surface area contributed by atoms with Gasteiger partial charge < -0.3 is 9.84 Å². The third-order valence-corrected chi connectivity index (χ3v) is 5.83. The Labute approximate surface area is 147 Å². The summed E-state index contributed by atoms with van der Waals surface area (Å²) in [5.41, 5.74) is 1.41. The number of aryl methyl sites for hydroxylation is 1. The fourth-order valence-corrected chi connectivity index (χ4v) is 3.87. The van der Waals surface area contributed by atoms with Gasteiger partial charge in [-0.25, -0.2) is 13.2 Å². The molecule has 2 rings (SSSR count). The minimum Gasteiger partial charge on any atom is -0.467 e. The Balaban J connectivity index is 2.49. The van der Waals surface area contributed by atoms with Crippen LogP contribution in [0, 0.1) is 6.92 Å². The standard InChI is InChI=1S/C18H21NO5S/c1-13-9-11-15(12-10-13)25(22,23)19(2)16(17(20)18(21)24-3)14-7-5-4-6-8-14/h4-12,16-17,20H,1-3H3/t16-,17+/m1/s1. The lowest BCUT2D eigenvalue weighted by Gasteiger charge is -2.30. The van der Waals surface area contributed by atoms with Crippen molar-refractivity contribution in [2.75, 3.05) is 14.2 Å². The van der Waals surface area contributed by atoms with Gasteiger partial charge in [0.2, 0.25) is 10.0 Å². The fourth-order valence-electron chi connectivity index (χ4n) is 2.52. The van der Waals surface area contributed by atoms with Crippen LogP contribution in [0.4, 0.5) is 0 Å². The van der Waals surface area contributed by atoms with E-state index in [1.165, 1.54) is 19.2 Å². The molecule has 1 N–H and O–H groups in total. The lowest BCUT2D eigenvalue weighted by atomic mass is 10.0. The number of aliphatic hydroxyl groups is 1. The quantitative estimate of drug-likeness (QED) is 0.793. The topological polar surface area (TPSA) is 83.9 Å². The fraction of sp³-hybridized carbons (Fsp3) is 0.278. The molecule has 2 aromatic rings. The summed E-state index contributed by atoms with van der Waals surface area (Å²) in [5.74, 6) is -0.903. The highest BCUT2D eigenvalue weighted by Crippen LogP contribution is 2.29. The van der Waals surface area contributed by atoms with E-state index in [2.05, 4.69) is 4.74 Å². The van der Waals surface area contributed by atoms with Crippen LogP contribution < -0.4 is 0 Å². The van der Waals surface area contributed by atoms with Crippen LogP contribution in [0.25, 0.3) is 0 Å². The van der Waals surface area contributed by atoms with Gasteiger partial charge in [-0.3, -0.25) is 0 Å². The first kappa shape index (κ1) is 19.1. The monoisotopic (exact) mass is 363 g/mol. The molecule has 0 aliphatic carbocycles. The van der Waals surface area contributed by atoms with Crippen molar-refractivity contribution in [3.05, 3.63) is 65.7 Å². The van der Waals surface area contributed by atoms with Crippen molar-refractivity contribution in [2.45, 2.75) is 24.0 Å². The number of ether oxygens (including phenoxy) is 1. The molecule has 0 heterocycles. The number of hydrogen-bond donors (Lipinski definition) is 1. The number of nitrogens with zero attached hydrogens (tertiary/aromatic N) is 1. The number of benzene rings is 2. The Kier molecular flexibility index (Phi) is 5.94. The summed E-state index contributed by atoms with van der Waals surface area (Å²) in [4.78, 5) is 11.9. The van der Waals surface area contributed by atoms with Crippen LogP contribution in [0.15, 0.2) is 59.5 Å². The van der Waals surface area contributed by atoms with Crippen molar-refractivity contribution >= 4 is 16.0 Å². The van der Waals surface area contributed by atoms with Crippen LogP contribution in [0.3, 0.4) is 0 Å². The number of methoxy groups -OCH3 is 1. The molecule has 25 heavy (non-hydrogen) atoms. The predicted molar refractivity (Wildman–Crippen MR) is 93.3 cm³/mol. The van der Waals surface area contributed by atoms with Crippen molar-refractivity contribution in [3.63, 3.8) is 0 Å². The van der Waals surface area contributed by atoms with Crippen molar-refractivity contribution in [2.24, 2.45) is 0 Å². The third-order valence-electron chi connectivity index (χ3n) is 3.97. The number of esters is 1. The summed E-state index contributed by atoms with van der Waals surface area (Å²) in [6.07, 6.45) is -1.65. The number of carbonyl (C=O) groups is 1. The minimum atomic E-state index is -3.92. The maximum atomic E-state index is 12.9. The maximum Gasteiger partial charge on any atom is 0.336 e. The zero-order chi connectivity index (χ0) is 18.6. The van der Waals surface area contributed by atoms with E-state index in [-0.39, 0.29) is 4.90 Å². The smallest absolute Gasteiger partial charge is 0.336 e. The zero-order valence-electron chi connectivity index (χ0n) is 14.3. The largest absolute Gasteiger partial charge is 0.467 e. The Hall–Kier alpha value is -2.22. The number of likely N-dealkylation sites (N-methyl/N-ethyl adjacent to an activating group) is 1. The van der Waals surface area contributed by atoms with E-state index >= 15 is 0 Å². The Bertz CT molecular complexity index is 818. The lowest BCUT2D eigenvalue weighted by Crippen LogP contribution is -2.42. The average molecular weight is 363 g/mol. The molecular weight excluding hydrogens is 342 g/mol. The van der Waals surface area contributed by atoms with Crippen molar-refractivity contribution in [3.8, 4) is 0 Å². The summed E-state index contributed by atoms with van der Waals surface area (Å²) in [6.45, 7) is 1.86. The normalized spacial score (nSPS) is 14.1. The molecule has 0 aromatic heterocycles. The second kappa shape index (κ2) is 7.77. The molecule has 7 heteroatoms. The van der Waals surface area contributed by atoms with Crippen LogP contribution in [-0.4, -0.2) is 44.1 Å². The summed E-state index contributed by atoms with van der Waals surface area (Å²) < 4.78 is 31.5. The van der Waals surface area contributed by atoms with Crippen LogP contribution >= 0.6 is 0 Å². The highest BCUT2D eigenvalue weighted by molar-refractivity contribution is 7.89. The number of sulfonamides is 1. The van der Waals surface area contributed by atoms with E-state index in [1.807, 2.05) is 6.92 Å². The Morgan fingerprint density at radius 1 is 1.08 bits per heavy atom. The Morgan fingerprint density at radius 2 is 1.64 bits per heavy atom. The van der Waals surface area contributed by atoms with Gasteiger partial charge in [-0.05, 0) is 24.6 Å². The summed E-state index contributed by atoms with van der Waals surface area (Å²) in [6, 6.07) is 13.7. The second-order valence-corrected chi connectivity index (χ2v) is 7.66. The van der Waals surface area contributed by atoms with Crippen molar-refractivity contribution < 1.29 is 23.1 Å². The maximum absolute atomic E-state index is 12.9. The van der Waals surface area contributed by atoms with Crippen LogP contribution in [0.1, 0.15) is 17.2 Å². The van der Waals surface area contributed by atoms with Gasteiger partial charge >= 0.3 is 5.97 Å². The molecule has 0 fully saturated rings. The summed E-state index contributed by atoms with van der Waals surface area (Å²) in [7, 11) is -1.45. The molecule has 0 aliphatic heterocycles. The summed E-state index contributed by atoms with van der Waals surface area (Å²) >= 11 is 0. The Morgan fingerprint density at radius 3 is 2.16 bits per heavy atom. The molecule has 134 valence electrons. The van der Waals surface area contributed by atoms with Crippen LogP contribution in [0.2, 0.25) is 0 Å². The third kappa shape index (κ3) is 4.07. The SMILES string of the molecule is COC(=O)[C@@H](O)[C@@H](c1ccccc1)N(C)S(=O)(=O)c1ccc(C)cc1. The van der Waals surface area contributed by atoms with E-state index in [1.54, 1.807) is 42.5 Å². The van der Waals surface area contributed by atoms with Gasteiger partial charge in [0.25, 0.3) is 0 Å². The molecule has 0 spiro atoms. The van der Waals surface area contributed by atoms with Gasteiger partial charge in [-0.1, -0.05) is 48.0 Å². The van der Waals surface area contributed by atoms with E-state index in [4.69, 9.17) is 0 Å². The number of aliphatic hydroxyl groups excluding tert-OH is 1. The van der Waals surface area contributed by atoms with E-state index in [0.717, 1.165) is 17.0 Å². The molecule has 0 saturated heterocycles. The van der Waals surface area contributed by atoms with E-state index in [0.29, 0.717) is 5.56 Å². The predicted octanol–water partition coefficient (Wildman–Crippen LogP) is 1.89. The molecule has 0 bridgehead atoms. The zero-order valence-corrected chi connectivity index (χ0v) is 15.1. The van der Waals surface area contributed by atoms with Gasteiger partial charge in [0, 0.05) is 7.05 Å². The number of carbonyl (C=O) groups excluding carboxylic acids is 1. The molecule has 2 atom stereocenters. The van der Waals surface area contributed by atoms with E-state index in [9.17, 15) is 18.3 Å².